The van der Waals surface area contributed by atoms with Gasteiger partial charge in [-0.2, -0.15) is 0 Å². The summed E-state index contributed by atoms with van der Waals surface area (Å²) in [7, 11) is 0. The van der Waals surface area contributed by atoms with Crippen LogP contribution in [0.2, 0.25) is 0 Å². The molecule has 2 aliphatic carbocycles. The first-order chi connectivity index (χ1) is 11.3. The second-order valence-corrected chi connectivity index (χ2v) is 8.13. The number of furan rings is 1. The van der Waals surface area contributed by atoms with E-state index in [0.717, 1.165) is 25.7 Å². The molecule has 5 atom stereocenters. The molecule has 1 heterocycles. The van der Waals surface area contributed by atoms with Crippen LogP contribution in [-0.2, 0) is 11.2 Å². The van der Waals surface area contributed by atoms with E-state index in [1.807, 2.05) is 19.1 Å². The Morgan fingerprint density at radius 2 is 2.17 bits per heavy atom. The zero-order valence-corrected chi connectivity index (χ0v) is 14.8. The van der Waals surface area contributed by atoms with Gasteiger partial charge in [-0.3, -0.25) is 0 Å². The van der Waals surface area contributed by atoms with Crippen molar-refractivity contribution in [1.29, 1.82) is 0 Å². The molecule has 1 saturated carbocycles. The van der Waals surface area contributed by atoms with Crippen LogP contribution in [0.3, 0.4) is 0 Å². The molecule has 3 rings (SSSR count). The predicted octanol–water partition coefficient (Wildman–Crippen LogP) is 4.05. The molecule has 0 bridgehead atoms. The molecule has 0 amide bonds. The lowest BCUT2D eigenvalue weighted by atomic mass is 9.45. The second kappa shape index (κ2) is 6.07. The number of aliphatic carboxylic acids is 1. The van der Waals surface area contributed by atoms with E-state index in [2.05, 4.69) is 13.8 Å². The summed E-state index contributed by atoms with van der Waals surface area (Å²) in [5.74, 6) is -0.356. The highest BCUT2D eigenvalue weighted by atomic mass is 16.4. The van der Waals surface area contributed by atoms with Gasteiger partial charge in [-0.25, -0.2) is 4.79 Å². The molecule has 1 aromatic rings. The van der Waals surface area contributed by atoms with E-state index in [9.17, 15) is 15.0 Å². The molecule has 1 aromatic heterocycles. The standard InChI is InChI=1S/C20H28O4/c1-13-11-17(21)20(3)15(18(22)23)5-4-6-16(20)19(13,2)9-7-14-8-10-24-12-14/h5,8,10,12-13,16-17,21H,4,6-7,9,11H2,1-3H3,(H,22,23). The van der Waals surface area contributed by atoms with Gasteiger partial charge < -0.3 is 14.6 Å². The highest BCUT2D eigenvalue weighted by Crippen LogP contribution is 2.61. The van der Waals surface area contributed by atoms with Crippen molar-refractivity contribution >= 4 is 5.97 Å². The van der Waals surface area contributed by atoms with Crippen molar-refractivity contribution in [2.45, 2.75) is 59.0 Å². The molecule has 0 aromatic carbocycles. The van der Waals surface area contributed by atoms with Crippen LogP contribution in [0.1, 0.15) is 52.0 Å². The van der Waals surface area contributed by atoms with Crippen molar-refractivity contribution in [2.24, 2.45) is 22.7 Å². The van der Waals surface area contributed by atoms with Gasteiger partial charge in [0.05, 0.1) is 18.6 Å². The highest BCUT2D eigenvalue weighted by Gasteiger charge is 2.59. The van der Waals surface area contributed by atoms with Crippen LogP contribution in [0, 0.1) is 22.7 Å². The molecule has 24 heavy (non-hydrogen) atoms. The SMILES string of the molecule is CC1CC(O)C2(C)C(C(=O)O)=CCCC2C1(C)CCc1ccoc1. The van der Waals surface area contributed by atoms with Crippen molar-refractivity contribution in [2.75, 3.05) is 0 Å². The van der Waals surface area contributed by atoms with Crippen LogP contribution in [0.4, 0.5) is 0 Å². The zero-order chi connectivity index (χ0) is 17.5. The molecule has 0 spiro atoms. The number of hydrogen-bond acceptors (Lipinski definition) is 3. The third-order valence-corrected chi connectivity index (χ3v) is 7.06. The third kappa shape index (κ3) is 2.52. The highest BCUT2D eigenvalue weighted by molar-refractivity contribution is 5.88. The number of aryl methyl sites for hydroxylation is 1. The maximum Gasteiger partial charge on any atom is 0.331 e. The molecule has 1 fully saturated rings. The number of aliphatic hydroxyl groups is 1. The maximum absolute atomic E-state index is 11.8. The fourth-order valence-electron chi connectivity index (χ4n) is 5.31. The zero-order valence-electron chi connectivity index (χ0n) is 14.8. The van der Waals surface area contributed by atoms with Gasteiger partial charge in [-0.15, -0.1) is 0 Å². The van der Waals surface area contributed by atoms with Gasteiger partial charge in [0.2, 0.25) is 0 Å². The fourth-order valence-corrected chi connectivity index (χ4v) is 5.31. The number of rotatable bonds is 4. The minimum Gasteiger partial charge on any atom is -0.478 e. The largest absolute Gasteiger partial charge is 0.478 e. The Bertz CT molecular complexity index is 632. The first kappa shape index (κ1) is 17.3. The number of allylic oxidation sites excluding steroid dienone is 1. The van der Waals surface area contributed by atoms with Gasteiger partial charge in [0.25, 0.3) is 0 Å². The van der Waals surface area contributed by atoms with Gasteiger partial charge in [0.1, 0.15) is 0 Å². The Balaban J connectivity index is 1.94. The van der Waals surface area contributed by atoms with E-state index in [1.54, 1.807) is 12.5 Å². The summed E-state index contributed by atoms with van der Waals surface area (Å²) in [5, 5.41) is 20.5. The van der Waals surface area contributed by atoms with E-state index >= 15 is 0 Å². The van der Waals surface area contributed by atoms with E-state index in [1.165, 1.54) is 5.56 Å². The number of hydrogen-bond donors (Lipinski definition) is 2. The minimum absolute atomic E-state index is 0.000208. The van der Waals surface area contributed by atoms with Crippen molar-refractivity contribution in [3.63, 3.8) is 0 Å². The molecule has 4 heteroatoms. The van der Waals surface area contributed by atoms with E-state index in [0.29, 0.717) is 17.9 Å². The lowest BCUT2D eigenvalue weighted by Gasteiger charge is -2.59. The molecule has 132 valence electrons. The number of aliphatic hydroxyl groups excluding tert-OH is 1. The Hall–Kier alpha value is -1.55. The number of carboxylic acid groups (broad SMARTS) is 1. The molecule has 0 aliphatic heterocycles. The summed E-state index contributed by atoms with van der Waals surface area (Å²) in [6.07, 6.45) is 8.99. The first-order valence-electron chi connectivity index (χ1n) is 8.93. The number of fused-ring (bicyclic) bond motifs is 1. The molecule has 2 aliphatic rings. The Morgan fingerprint density at radius 3 is 2.79 bits per heavy atom. The van der Waals surface area contributed by atoms with E-state index < -0.39 is 17.5 Å². The van der Waals surface area contributed by atoms with Gasteiger partial charge in [0, 0.05) is 11.0 Å². The maximum atomic E-state index is 11.8. The van der Waals surface area contributed by atoms with Crippen LogP contribution in [0.5, 0.6) is 0 Å². The lowest BCUT2D eigenvalue weighted by Crippen LogP contribution is -2.57. The minimum atomic E-state index is -0.881. The second-order valence-electron chi connectivity index (χ2n) is 8.13. The molecule has 5 unspecified atom stereocenters. The number of carbonyl (C=O) groups is 1. The Labute approximate surface area is 143 Å². The molecule has 0 radical (unpaired) electrons. The van der Waals surface area contributed by atoms with E-state index in [-0.39, 0.29) is 11.3 Å². The normalized spacial score (nSPS) is 39.2. The average Bonchev–Trinajstić information content (AvgIpc) is 3.04. The Kier molecular flexibility index (Phi) is 4.37. The number of carboxylic acids is 1. The van der Waals surface area contributed by atoms with Crippen LogP contribution in [0.25, 0.3) is 0 Å². The fraction of sp³-hybridized carbons (Fsp3) is 0.650. The molecule has 4 nitrogen and oxygen atoms in total. The average molecular weight is 332 g/mol. The summed E-state index contributed by atoms with van der Waals surface area (Å²) < 4.78 is 5.18. The van der Waals surface area contributed by atoms with Crippen molar-refractivity contribution in [1.82, 2.24) is 0 Å². The van der Waals surface area contributed by atoms with Crippen molar-refractivity contribution in [3.05, 3.63) is 35.8 Å². The predicted molar refractivity (Wildman–Crippen MR) is 91.5 cm³/mol. The summed E-state index contributed by atoms with van der Waals surface area (Å²) in [5.41, 5.74) is 0.927. The molecular formula is C20H28O4. The topological polar surface area (TPSA) is 70.7 Å². The van der Waals surface area contributed by atoms with Crippen LogP contribution < -0.4 is 0 Å². The summed E-state index contributed by atoms with van der Waals surface area (Å²) in [6.45, 7) is 6.46. The summed E-state index contributed by atoms with van der Waals surface area (Å²) >= 11 is 0. The van der Waals surface area contributed by atoms with Gasteiger partial charge in [0.15, 0.2) is 0 Å². The summed E-state index contributed by atoms with van der Waals surface area (Å²) in [6, 6.07) is 1.99. The monoisotopic (exact) mass is 332 g/mol. The third-order valence-electron chi connectivity index (χ3n) is 7.06. The van der Waals surface area contributed by atoms with Crippen LogP contribution in [-0.4, -0.2) is 22.3 Å². The van der Waals surface area contributed by atoms with Crippen LogP contribution in [0.15, 0.2) is 34.7 Å². The molecule has 2 N–H and O–H groups in total. The van der Waals surface area contributed by atoms with Gasteiger partial charge in [-0.05, 0) is 61.0 Å². The van der Waals surface area contributed by atoms with Crippen molar-refractivity contribution < 1.29 is 19.4 Å². The first-order valence-corrected chi connectivity index (χ1v) is 8.93. The summed E-state index contributed by atoms with van der Waals surface area (Å²) in [4.78, 5) is 11.8. The van der Waals surface area contributed by atoms with Crippen LogP contribution >= 0.6 is 0 Å². The molecule has 0 saturated heterocycles. The molecular weight excluding hydrogens is 304 g/mol. The Morgan fingerprint density at radius 1 is 1.42 bits per heavy atom. The van der Waals surface area contributed by atoms with Crippen molar-refractivity contribution in [3.8, 4) is 0 Å². The smallest absolute Gasteiger partial charge is 0.331 e. The van der Waals surface area contributed by atoms with E-state index in [4.69, 9.17) is 4.42 Å². The van der Waals surface area contributed by atoms with Gasteiger partial charge in [-0.1, -0.05) is 26.8 Å². The van der Waals surface area contributed by atoms with Gasteiger partial charge >= 0.3 is 5.97 Å². The lowest BCUT2D eigenvalue weighted by molar-refractivity contribution is -0.148. The quantitative estimate of drug-likeness (QED) is 0.873.